The summed E-state index contributed by atoms with van der Waals surface area (Å²) in [4.78, 5) is 13.1. The van der Waals surface area contributed by atoms with Gasteiger partial charge in [0.2, 0.25) is 15.9 Å². The molecule has 1 atom stereocenters. The molecule has 3 aromatic rings. The van der Waals surface area contributed by atoms with Crippen molar-refractivity contribution in [3.63, 3.8) is 0 Å². The fraction of sp³-hybridized carbons (Fsp3) is 0.296. The summed E-state index contributed by atoms with van der Waals surface area (Å²) in [7, 11) is -3.96. The largest absolute Gasteiger partial charge is 0.348 e. The second kappa shape index (κ2) is 10.5. The molecule has 0 saturated heterocycles. The van der Waals surface area contributed by atoms with E-state index in [2.05, 4.69) is 17.4 Å². The zero-order valence-electron chi connectivity index (χ0n) is 20.2. The molecular weight excluding hydrogens is 451 g/mol. The molecule has 0 aliphatic carbocycles. The maximum absolute atomic E-state index is 13.4. The van der Waals surface area contributed by atoms with Crippen LogP contribution in [0.1, 0.15) is 46.3 Å². The highest BCUT2D eigenvalue weighted by molar-refractivity contribution is 7.89. The first kappa shape index (κ1) is 25.6. The van der Waals surface area contributed by atoms with E-state index < -0.39 is 21.7 Å². The van der Waals surface area contributed by atoms with Crippen LogP contribution >= 0.6 is 0 Å². The number of carbonyl (C=O) groups excluding carboxylic acids is 1. The number of hydrogen-bond acceptors (Lipinski definition) is 3. The second-order valence-electron chi connectivity index (χ2n) is 8.79. The zero-order chi connectivity index (χ0) is 25.0. The molecule has 34 heavy (non-hydrogen) atoms. The normalized spacial score (nSPS) is 12.6. The van der Waals surface area contributed by atoms with E-state index >= 15 is 0 Å². The Hall–Kier alpha value is -3.03. The Morgan fingerprint density at radius 1 is 0.912 bits per heavy atom. The maximum atomic E-state index is 13.4. The molecular formula is C27H31FN2O3S. The number of carbonyl (C=O) groups is 1. The van der Waals surface area contributed by atoms with Crippen LogP contribution in [0.4, 0.5) is 4.39 Å². The summed E-state index contributed by atoms with van der Waals surface area (Å²) in [5.74, 6) is -0.824. The van der Waals surface area contributed by atoms with Gasteiger partial charge in [-0.3, -0.25) is 4.79 Å². The number of nitrogens with zero attached hydrogens (tertiary/aromatic N) is 1. The first-order valence-electron chi connectivity index (χ1n) is 11.2. The second-order valence-corrected chi connectivity index (χ2v) is 10.7. The van der Waals surface area contributed by atoms with Gasteiger partial charge >= 0.3 is 0 Å². The van der Waals surface area contributed by atoms with Gasteiger partial charge in [0.25, 0.3) is 0 Å². The average Bonchev–Trinajstić information content (AvgIpc) is 2.77. The van der Waals surface area contributed by atoms with Crippen LogP contribution < -0.4 is 5.32 Å². The topological polar surface area (TPSA) is 66.5 Å². The molecule has 1 amide bonds. The van der Waals surface area contributed by atoms with Gasteiger partial charge in [-0.1, -0.05) is 42.0 Å². The standard InChI is InChI=1S/C27H31FN2O3S/c1-18-6-12-25(13-7-18)34(32,33)30(16-23-8-10-24(28)11-9-23)17-27(31)29-22(5)26-15-20(3)19(2)14-21(26)4/h6-15,22H,16-17H2,1-5H3,(H,29,31). The first-order valence-corrected chi connectivity index (χ1v) is 12.6. The molecule has 0 spiro atoms. The highest BCUT2D eigenvalue weighted by Crippen LogP contribution is 2.23. The third-order valence-corrected chi connectivity index (χ3v) is 7.78. The highest BCUT2D eigenvalue weighted by atomic mass is 32.2. The van der Waals surface area contributed by atoms with Crippen LogP contribution in [0.3, 0.4) is 0 Å². The van der Waals surface area contributed by atoms with Crippen LogP contribution in [-0.2, 0) is 21.4 Å². The molecule has 3 rings (SSSR count). The monoisotopic (exact) mass is 482 g/mol. The van der Waals surface area contributed by atoms with Gasteiger partial charge in [-0.25, -0.2) is 12.8 Å². The average molecular weight is 483 g/mol. The molecule has 0 radical (unpaired) electrons. The number of amides is 1. The van der Waals surface area contributed by atoms with Crippen molar-refractivity contribution in [1.29, 1.82) is 0 Å². The highest BCUT2D eigenvalue weighted by Gasteiger charge is 2.27. The number of sulfonamides is 1. The van der Waals surface area contributed by atoms with Crippen LogP contribution in [0.5, 0.6) is 0 Å². The minimum Gasteiger partial charge on any atom is -0.348 e. The van der Waals surface area contributed by atoms with Crippen molar-refractivity contribution in [2.45, 2.75) is 52.1 Å². The Labute approximate surface area is 201 Å². The lowest BCUT2D eigenvalue weighted by Gasteiger charge is -2.24. The van der Waals surface area contributed by atoms with Gasteiger partial charge < -0.3 is 5.32 Å². The number of aryl methyl sites for hydroxylation is 4. The maximum Gasteiger partial charge on any atom is 0.243 e. The van der Waals surface area contributed by atoms with Gasteiger partial charge in [-0.2, -0.15) is 4.31 Å². The lowest BCUT2D eigenvalue weighted by molar-refractivity contribution is -0.122. The fourth-order valence-electron chi connectivity index (χ4n) is 3.85. The third kappa shape index (κ3) is 6.10. The predicted octanol–water partition coefficient (Wildman–Crippen LogP) is 5.13. The minimum atomic E-state index is -3.96. The number of hydrogen-bond donors (Lipinski definition) is 1. The summed E-state index contributed by atoms with van der Waals surface area (Å²) in [6.45, 7) is 9.39. The van der Waals surface area contributed by atoms with Crippen molar-refractivity contribution in [3.05, 3.63) is 99.9 Å². The number of halogens is 1. The number of nitrogens with one attached hydrogen (secondary N) is 1. The minimum absolute atomic E-state index is 0.0546. The summed E-state index contributed by atoms with van der Waals surface area (Å²) in [6, 6.07) is 15.9. The summed E-state index contributed by atoms with van der Waals surface area (Å²) in [5, 5.41) is 2.94. The molecule has 7 heteroatoms. The van der Waals surface area contributed by atoms with Crippen molar-refractivity contribution in [2.75, 3.05) is 6.54 Å². The van der Waals surface area contributed by atoms with Gasteiger partial charge in [0.05, 0.1) is 17.5 Å². The molecule has 3 aromatic carbocycles. The van der Waals surface area contributed by atoms with E-state index in [-0.39, 0.29) is 24.0 Å². The zero-order valence-corrected chi connectivity index (χ0v) is 21.0. The lowest BCUT2D eigenvalue weighted by atomic mass is 9.96. The Balaban J connectivity index is 1.85. The molecule has 0 heterocycles. The van der Waals surface area contributed by atoms with Gasteiger partial charge in [0, 0.05) is 6.54 Å². The first-order chi connectivity index (χ1) is 16.0. The predicted molar refractivity (Wildman–Crippen MR) is 132 cm³/mol. The molecule has 0 aromatic heterocycles. The van der Waals surface area contributed by atoms with Crippen LogP contribution in [-0.4, -0.2) is 25.2 Å². The Kier molecular flexibility index (Phi) is 7.89. The number of rotatable bonds is 8. The van der Waals surface area contributed by atoms with E-state index in [9.17, 15) is 17.6 Å². The Morgan fingerprint density at radius 2 is 1.50 bits per heavy atom. The Bertz CT molecular complexity index is 1270. The molecule has 0 aliphatic rings. The van der Waals surface area contributed by atoms with Gasteiger partial charge in [-0.15, -0.1) is 0 Å². The van der Waals surface area contributed by atoms with Crippen LogP contribution in [0.15, 0.2) is 65.6 Å². The summed E-state index contributed by atoms with van der Waals surface area (Å²) in [5.41, 5.74) is 5.87. The molecule has 5 nitrogen and oxygen atoms in total. The van der Waals surface area contributed by atoms with E-state index in [1.807, 2.05) is 34.6 Å². The third-order valence-electron chi connectivity index (χ3n) is 5.98. The van der Waals surface area contributed by atoms with E-state index in [1.165, 1.54) is 42.0 Å². The van der Waals surface area contributed by atoms with Crippen molar-refractivity contribution in [2.24, 2.45) is 0 Å². The lowest BCUT2D eigenvalue weighted by Crippen LogP contribution is -2.41. The van der Waals surface area contributed by atoms with Gasteiger partial charge in [0.1, 0.15) is 5.82 Å². The van der Waals surface area contributed by atoms with Crippen molar-refractivity contribution in [3.8, 4) is 0 Å². The van der Waals surface area contributed by atoms with Crippen molar-refractivity contribution >= 4 is 15.9 Å². The van der Waals surface area contributed by atoms with E-state index in [0.717, 1.165) is 26.6 Å². The quantitative estimate of drug-likeness (QED) is 0.484. The summed E-state index contributed by atoms with van der Waals surface area (Å²) >= 11 is 0. The van der Waals surface area contributed by atoms with E-state index in [4.69, 9.17) is 0 Å². The smallest absolute Gasteiger partial charge is 0.243 e. The van der Waals surface area contributed by atoms with Crippen LogP contribution in [0.2, 0.25) is 0 Å². The number of benzene rings is 3. The van der Waals surface area contributed by atoms with E-state index in [0.29, 0.717) is 5.56 Å². The van der Waals surface area contributed by atoms with Gasteiger partial charge in [0.15, 0.2) is 0 Å². The van der Waals surface area contributed by atoms with Crippen LogP contribution in [0, 0.1) is 33.5 Å². The molecule has 180 valence electrons. The molecule has 1 N–H and O–H groups in total. The summed E-state index contributed by atoms with van der Waals surface area (Å²) in [6.07, 6.45) is 0. The molecule has 0 fully saturated rings. The molecule has 0 aliphatic heterocycles. The molecule has 0 saturated carbocycles. The fourth-order valence-corrected chi connectivity index (χ4v) is 5.24. The molecule has 1 unspecified atom stereocenters. The van der Waals surface area contributed by atoms with Crippen molar-refractivity contribution < 1.29 is 17.6 Å². The van der Waals surface area contributed by atoms with Crippen LogP contribution in [0.25, 0.3) is 0 Å². The van der Waals surface area contributed by atoms with Gasteiger partial charge in [-0.05, 0) is 86.7 Å². The molecule has 0 bridgehead atoms. The van der Waals surface area contributed by atoms with E-state index in [1.54, 1.807) is 12.1 Å². The van der Waals surface area contributed by atoms with Crippen molar-refractivity contribution in [1.82, 2.24) is 9.62 Å². The SMILES string of the molecule is Cc1ccc(S(=O)(=O)N(CC(=O)NC(C)c2cc(C)c(C)cc2C)Cc2ccc(F)cc2)cc1. The Morgan fingerprint density at radius 3 is 2.12 bits per heavy atom. The summed E-state index contributed by atoms with van der Waals surface area (Å²) < 4.78 is 41.3.